The Hall–Kier alpha value is -1.20. The van der Waals surface area contributed by atoms with E-state index in [-0.39, 0.29) is 5.91 Å². The van der Waals surface area contributed by atoms with Gasteiger partial charge in [-0.25, -0.2) is 0 Å². The van der Waals surface area contributed by atoms with Gasteiger partial charge in [0.1, 0.15) is 5.75 Å². The Morgan fingerprint density at radius 3 is 2.57 bits per heavy atom. The van der Waals surface area contributed by atoms with Gasteiger partial charge in [-0.2, -0.15) is 0 Å². The number of likely N-dealkylation sites (tertiary alicyclic amines) is 1. The number of carbonyl (C=O) groups is 1. The number of nitrogens with zero attached hydrogens (tertiary/aromatic N) is 1. The van der Waals surface area contributed by atoms with Gasteiger partial charge in [-0.3, -0.25) is 4.79 Å². The molecule has 0 radical (unpaired) electrons. The molecular formula is C18H28N2O2S. The Morgan fingerprint density at radius 1 is 1.35 bits per heavy atom. The predicted molar refractivity (Wildman–Crippen MR) is 96.2 cm³/mol. The topological polar surface area (TPSA) is 41.6 Å². The molecule has 1 unspecified atom stereocenters. The van der Waals surface area contributed by atoms with Crippen LogP contribution in [0, 0.1) is 5.92 Å². The zero-order chi connectivity index (χ0) is 16.7. The average molecular weight is 337 g/mol. The second kappa shape index (κ2) is 9.18. The van der Waals surface area contributed by atoms with Crippen LogP contribution < -0.4 is 10.1 Å². The van der Waals surface area contributed by atoms with Gasteiger partial charge in [0.2, 0.25) is 0 Å². The lowest BCUT2D eigenvalue weighted by atomic mass is 9.96. The van der Waals surface area contributed by atoms with E-state index in [0.29, 0.717) is 5.92 Å². The van der Waals surface area contributed by atoms with Crippen molar-refractivity contribution in [3.05, 3.63) is 24.3 Å². The minimum absolute atomic E-state index is 0.0980. The van der Waals surface area contributed by atoms with Crippen LogP contribution in [0.1, 0.15) is 26.7 Å². The Labute approximate surface area is 144 Å². The number of thioether (sulfide) groups is 1. The summed E-state index contributed by atoms with van der Waals surface area (Å²) >= 11 is 1.70. The summed E-state index contributed by atoms with van der Waals surface area (Å²) in [6.07, 6.45) is 3.77. The summed E-state index contributed by atoms with van der Waals surface area (Å²) in [4.78, 5) is 15.7. The molecule has 1 aromatic rings. The highest BCUT2D eigenvalue weighted by molar-refractivity contribution is 7.98. The van der Waals surface area contributed by atoms with Crippen LogP contribution in [0.3, 0.4) is 0 Å². The van der Waals surface area contributed by atoms with E-state index >= 15 is 0 Å². The maximum Gasteiger partial charge on any atom is 0.263 e. The summed E-state index contributed by atoms with van der Waals surface area (Å²) in [5, 5.41) is 3.40. The van der Waals surface area contributed by atoms with Gasteiger partial charge in [0.05, 0.1) is 0 Å². The summed E-state index contributed by atoms with van der Waals surface area (Å²) in [6, 6.07) is 7.89. The molecule has 2 rings (SSSR count). The third kappa shape index (κ3) is 5.43. The van der Waals surface area contributed by atoms with Gasteiger partial charge >= 0.3 is 0 Å². The molecule has 1 N–H and O–H groups in total. The van der Waals surface area contributed by atoms with Crippen LogP contribution in [0.4, 0.5) is 0 Å². The zero-order valence-electron chi connectivity index (χ0n) is 14.4. The molecule has 0 aromatic heterocycles. The molecule has 1 aromatic carbocycles. The molecule has 1 atom stereocenters. The predicted octanol–water partition coefficient (Wildman–Crippen LogP) is 3.02. The monoisotopic (exact) mass is 336 g/mol. The van der Waals surface area contributed by atoms with E-state index < -0.39 is 6.10 Å². The molecule has 0 bridgehead atoms. The van der Waals surface area contributed by atoms with Gasteiger partial charge in [0.15, 0.2) is 6.10 Å². The number of amides is 1. The van der Waals surface area contributed by atoms with Crippen molar-refractivity contribution in [2.45, 2.75) is 37.7 Å². The first-order valence-corrected chi connectivity index (χ1v) is 9.66. The van der Waals surface area contributed by atoms with Crippen LogP contribution in [-0.4, -0.2) is 49.3 Å². The Kier molecular flexibility index (Phi) is 7.24. The first-order valence-electron chi connectivity index (χ1n) is 8.44. The largest absolute Gasteiger partial charge is 0.481 e. The molecule has 128 valence electrons. The molecule has 4 nitrogen and oxygen atoms in total. The second-order valence-corrected chi connectivity index (χ2v) is 6.89. The fraction of sp³-hybridized carbons (Fsp3) is 0.611. The molecule has 1 aliphatic rings. The third-order valence-electron chi connectivity index (χ3n) is 4.33. The molecule has 1 fully saturated rings. The summed E-state index contributed by atoms with van der Waals surface area (Å²) in [7, 11) is 0. The SMILES string of the molecule is CCNCC1CCN(C(=O)C(C)Oc2ccc(SC)cc2)CC1. The lowest BCUT2D eigenvalue weighted by molar-refractivity contribution is -0.139. The average Bonchev–Trinajstić information content (AvgIpc) is 2.60. The van der Waals surface area contributed by atoms with Crippen molar-refractivity contribution in [1.29, 1.82) is 0 Å². The van der Waals surface area contributed by atoms with E-state index in [4.69, 9.17) is 4.74 Å². The molecule has 0 saturated carbocycles. The molecular weight excluding hydrogens is 308 g/mol. The van der Waals surface area contributed by atoms with Crippen LogP contribution in [0.15, 0.2) is 29.2 Å². The van der Waals surface area contributed by atoms with E-state index in [1.807, 2.05) is 42.3 Å². The highest BCUT2D eigenvalue weighted by Gasteiger charge is 2.26. The van der Waals surface area contributed by atoms with Crippen molar-refractivity contribution in [2.24, 2.45) is 5.92 Å². The third-order valence-corrected chi connectivity index (χ3v) is 5.07. The molecule has 1 saturated heterocycles. The molecule has 0 spiro atoms. The number of ether oxygens (including phenoxy) is 1. The normalized spacial score (nSPS) is 17.1. The lowest BCUT2D eigenvalue weighted by Crippen LogP contribution is -2.45. The van der Waals surface area contributed by atoms with Crippen molar-refractivity contribution >= 4 is 17.7 Å². The molecule has 1 heterocycles. The number of hydrogen-bond acceptors (Lipinski definition) is 4. The number of benzene rings is 1. The maximum atomic E-state index is 12.5. The van der Waals surface area contributed by atoms with Crippen LogP contribution in [-0.2, 0) is 4.79 Å². The van der Waals surface area contributed by atoms with Crippen molar-refractivity contribution in [2.75, 3.05) is 32.4 Å². The summed E-state index contributed by atoms with van der Waals surface area (Å²) < 4.78 is 5.81. The number of carbonyl (C=O) groups excluding carboxylic acids is 1. The zero-order valence-corrected chi connectivity index (χ0v) is 15.2. The summed E-state index contributed by atoms with van der Waals surface area (Å²) in [5.41, 5.74) is 0. The van der Waals surface area contributed by atoms with Crippen LogP contribution in [0.5, 0.6) is 5.75 Å². The van der Waals surface area contributed by atoms with Gasteiger partial charge in [0, 0.05) is 18.0 Å². The fourth-order valence-corrected chi connectivity index (χ4v) is 3.28. The summed E-state index contributed by atoms with van der Waals surface area (Å²) in [5.74, 6) is 1.54. The van der Waals surface area contributed by atoms with Crippen molar-refractivity contribution in [3.8, 4) is 5.75 Å². The first-order chi connectivity index (χ1) is 11.1. The molecule has 1 amide bonds. The van der Waals surface area contributed by atoms with E-state index in [9.17, 15) is 4.79 Å². The number of nitrogens with one attached hydrogen (secondary N) is 1. The lowest BCUT2D eigenvalue weighted by Gasteiger charge is -2.33. The van der Waals surface area contributed by atoms with Crippen molar-refractivity contribution < 1.29 is 9.53 Å². The van der Waals surface area contributed by atoms with E-state index in [0.717, 1.165) is 44.8 Å². The van der Waals surface area contributed by atoms with Crippen LogP contribution in [0.2, 0.25) is 0 Å². The standard InChI is InChI=1S/C18H28N2O2S/c1-4-19-13-15-9-11-20(12-10-15)18(21)14(2)22-16-5-7-17(23-3)8-6-16/h5-8,14-15,19H,4,9-13H2,1-3H3. The molecule has 23 heavy (non-hydrogen) atoms. The van der Waals surface area contributed by atoms with Gasteiger partial charge in [0.25, 0.3) is 5.91 Å². The van der Waals surface area contributed by atoms with Crippen LogP contribution in [0.25, 0.3) is 0 Å². The summed E-state index contributed by atoms with van der Waals surface area (Å²) in [6.45, 7) is 7.73. The Morgan fingerprint density at radius 2 is 2.00 bits per heavy atom. The van der Waals surface area contributed by atoms with Gasteiger partial charge in [-0.15, -0.1) is 11.8 Å². The first kappa shape index (κ1) is 18.1. The van der Waals surface area contributed by atoms with E-state index in [2.05, 4.69) is 12.2 Å². The number of rotatable bonds is 7. The minimum atomic E-state index is -0.430. The van der Waals surface area contributed by atoms with E-state index in [1.54, 1.807) is 11.8 Å². The van der Waals surface area contributed by atoms with Gasteiger partial charge in [-0.1, -0.05) is 6.92 Å². The number of piperidine rings is 1. The highest BCUT2D eigenvalue weighted by atomic mass is 32.2. The Bertz CT molecular complexity index is 484. The van der Waals surface area contributed by atoms with Crippen molar-refractivity contribution in [3.63, 3.8) is 0 Å². The quantitative estimate of drug-likeness (QED) is 0.777. The van der Waals surface area contributed by atoms with Crippen LogP contribution >= 0.6 is 11.8 Å². The highest BCUT2D eigenvalue weighted by Crippen LogP contribution is 2.21. The fourth-order valence-electron chi connectivity index (χ4n) is 2.87. The maximum absolute atomic E-state index is 12.5. The van der Waals surface area contributed by atoms with Gasteiger partial charge in [-0.05, 0) is 69.3 Å². The van der Waals surface area contributed by atoms with E-state index in [1.165, 1.54) is 4.90 Å². The molecule has 1 aliphatic heterocycles. The minimum Gasteiger partial charge on any atom is -0.481 e. The Balaban J connectivity index is 1.80. The second-order valence-electron chi connectivity index (χ2n) is 6.01. The van der Waals surface area contributed by atoms with Crippen molar-refractivity contribution in [1.82, 2.24) is 10.2 Å². The molecule has 5 heteroatoms. The number of hydrogen-bond donors (Lipinski definition) is 1. The van der Waals surface area contributed by atoms with Gasteiger partial charge < -0.3 is 15.0 Å². The smallest absolute Gasteiger partial charge is 0.263 e. The molecule has 0 aliphatic carbocycles.